The molecule has 6 heteroatoms. The quantitative estimate of drug-likeness (QED) is 0.290. The van der Waals surface area contributed by atoms with Gasteiger partial charge in [0, 0.05) is 16.3 Å². The molecule has 5 rings (SSSR count). The molecular formula is C23H13F3N2S. The molecule has 0 aliphatic rings. The standard InChI is InChI=1S/C23H13F3N2S/c24-23(25,26)19-9-4-3-8-16(19)21-17-12-14-6-1-2-7-15(14)13-18(17)22(28-27-21)20-10-5-11-29-20/h1-13H. The van der Waals surface area contributed by atoms with Gasteiger partial charge in [-0.1, -0.05) is 48.5 Å². The lowest BCUT2D eigenvalue weighted by molar-refractivity contribution is -0.137. The minimum absolute atomic E-state index is 0.0329. The summed E-state index contributed by atoms with van der Waals surface area (Å²) in [6.07, 6.45) is -4.48. The molecular weight excluding hydrogens is 393 g/mol. The molecule has 0 amide bonds. The zero-order valence-electron chi connectivity index (χ0n) is 14.9. The summed E-state index contributed by atoms with van der Waals surface area (Å²) in [7, 11) is 0. The first kappa shape index (κ1) is 17.8. The van der Waals surface area contributed by atoms with E-state index in [0.29, 0.717) is 11.1 Å². The third-order valence-electron chi connectivity index (χ3n) is 4.89. The largest absolute Gasteiger partial charge is 0.417 e. The maximum atomic E-state index is 13.6. The fourth-order valence-electron chi connectivity index (χ4n) is 3.57. The summed E-state index contributed by atoms with van der Waals surface area (Å²) in [4.78, 5) is 0.924. The molecule has 0 saturated carbocycles. The molecule has 3 aromatic carbocycles. The molecule has 5 aromatic rings. The number of rotatable bonds is 2. The lowest BCUT2D eigenvalue weighted by atomic mass is 9.96. The van der Waals surface area contributed by atoms with Gasteiger partial charge in [-0.2, -0.15) is 13.2 Å². The third-order valence-corrected chi connectivity index (χ3v) is 5.76. The Morgan fingerprint density at radius 2 is 1.31 bits per heavy atom. The molecule has 0 saturated heterocycles. The van der Waals surface area contributed by atoms with Crippen molar-refractivity contribution in [3.05, 3.63) is 83.7 Å². The molecule has 0 fully saturated rings. The van der Waals surface area contributed by atoms with Crippen LogP contribution in [0.25, 0.3) is 43.4 Å². The van der Waals surface area contributed by atoms with Gasteiger partial charge in [0.25, 0.3) is 0 Å². The van der Waals surface area contributed by atoms with Gasteiger partial charge < -0.3 is 0 Å². The summed E-state index contributed by atoms with van der Waals surface area (Å²) in [6, 6.07) is 21.0. The van der Waals surface area contributed by atoms with E-state index in [9.17, 15) is 13.2 Å². The van der Waals surface area contributed by atoms with Crippen molar-refractivity contribution in [1.29, 1.82) is 0 Å². The van der Waals surface area contributed by atoms with Crippen LogP contribution in [0.5, 0.6) is 0 Å². The number of fused-ring (bicyclic) bond motifs is 2. The molecule has 0 aliphatic heterocycles. The number of aromatic nitrogens is 2. The van der Waals surface area contributed by atoms with Crippen LogP contribution in [0.2, 0.25) is 0 Å². The Labute approximate surface area is 168 Å². The van der Waals surface area contributed by atoms with Crippen LogP contribution in [0.1, 0.15) is 5.56 Å². The van der Waals surface area contributed by atoms with Gasteiger partial charge in [-0.3, -0.25) is 0 Å². The zero-order chi connectivity index (χ0) is 20.0. The van der Waals surface area contributed by atoms with Gasteiger partial charge in [0.15, 0.2) is 0 Å². The van der Waals surface area contributed by atoms with E-state index >= 15 is 0 Å². The van der Waals surface area contributed by atoms with Crippen LogP contribution in [0.3, 0.4) is 0 Å². The fraction of sp³-hybridized carbons (Fsp3) is 0.0435. The summed E-state index contributed by atoms with van der Waals surface area (Å²) >= 11 is 1.52. The Kier molecular flexibility index (Phi) is 4.10. The molecule has 0 bridgehead atoms. The first-order valence-electron chi connectivity index (χ1n) is 8.92. The zero-order valence-corrected chi connectivity index (χ0v) is 15.8. The van der Waals surface area contributed by atoms with E-state index in [4.69, 9.17) is 0 Å². The highest BCUT2D eigenvalue weighted by Crippen LogP contribution is 2.41. The minimum Gasteiger partial charge on any atom is -0.166 e. The number of hydrogen-bond acceptors (Lipinski definition) is 3. The topological polar surface area (TPSA) is 25.8 Å². The van der Waals surface area contributed by atoms with Crippen LogP contribution in [0, 0.1) is 0 Å². The fourth-order valence-corrected chi connectivity index (χ4v) is 4.29. The van der Waals surface area contributed by atoms with E-state index in [1.807, 2.05) is 53.9 Å². The van der Waals surface area contributed by atoms with Crippen molar-refractivity contribution in [3.63, 3.8) is 0 Å². The van der Waals surface area contributed by atoms with Gasteiger partial charge in [0.05, 0.1) is 10.4 Å². The first-order valence-corrected chi connectivity index (χ1v) is 9.80. The molecule has 0 radical (unpaired) electrons. The maximum absolute atomic E-state index is 13.6. The Balaban J connectivity index is 1.89. The van der Waals surface area contributed by atoms with Gasteiger partial charge in [-0.25, -0.2) is 0 Å². The van der Waals surface area contributed by atoms with Gasteiger partial charge in [-0.05, 0) is 40.4 Å². The van der Waals surface area contributed by atoms with Crippen LogP contribution >= 0.6 is 11.3 Å². The lowest BCUT2D eigenvalue weighted by Gasteiger charge is -2.15. The number of benzene rings is 3. The van der Waals surface area contributed by atoms with E-state index in [2.05, 4.69) is 10.2 Å². The van der Waals surface area contributed by atoms with Crippen LogP contribution in [0.15, 0.2) is 78.2 Å². The molecule has 0 unspecified atom stereocenters. The number of nitrogens with zero attached hydrogens (tertiary/aromatic N) is 2. The monoisotopic (exact) mass is 406 g/mol. The van der Waals surface area contributed by atoms with Gasteiger partial charge in [0.1, 0.15) is 11.4 Å². The van der Waals surface area contributed by atoms with E-state index in [0.717, 1.165) is 27.1 Å². The highest BCUT2D eigenvalue weighted by molar-refractivity contribution is 7.13. The number of halogens is 3. The van der Waals surface area contributed by atoms with Crippen molar-refractivity contribution in [2.24, 2.45) is 0 Å². The molecule has 0 N–H and O–H groups in total. The predicted octanol–water partition coefficient (Wildman–Crippen LogP) is 7.20. The van der Waals surface area contributed by atoms with Gasteiger partial charge in [-0.15, -0.1) is 21.5 Å². The third kappa shape index (κ3) is 3.06. The van der Waals surface area contributed by atoms with Crippen molar-refractivity contribution in [1.82, 2.24) is 10.2 Å². The average molecular weight is 406 g/mol. The Hall–Kier alpha value is -3.25. The minimum atomic E-state index is -4.48. The number of thiophene rings is 1. The Morgan fingerprint density at radius 1 is 0.690 bits per heavy atom. The van der Waals surface area contributed by atoms with Gasteiger partial charge in [0.2, 0.25) is 0 Å². The van der Waals surface area contributed by atoms with Crippen molar-refractivity contribution in [2.75, 3.05) is 0 Å². The van der Waals surface area contributed by atoms with E-state index < -0.39 is 11.7 Å². The van der Waals surface area contributed by atoms with Crippen LogP contribution in [0.4, 0.5) is 13.2 Å². The maximum Gasteiger partial charge on any atom is 0.417 e. The normalized spacial score (nSPS) is 12.0. The number of alkyl halides is 3. The van der Waals surface area contributed by atoms with Crippen LogP contribution in [-0.4, -0.2) is 10.2 Å². The SMILES string of the molecule is FC(F)(F)c1ccccc1-c1nnc(-c2cccs2)c2cc3ccccc3cc12. The Bertz CT molecular complexity index is 1340. The molecule has 2 aromatic heterocycles. The molecule has 142 valence electrons. The van der Waals surface area contributed by atoms with Crippen molar-refractivity contribution in [2.45, 2.75) is 6.18 Å². The molecule has 0 atom stereocenters. The number of hydrogen-bond donors (Lipinski definition) is 0. The van der Waals surface area contributed by atoms with Crippen molar-refractivity contribution >= 4 is 32.9 Å². The lowest BCUT2D eigenvalue weighted by Crippen LogP contribution is -2.08. The summed E-state index contributed by atoms with van der Waals surface area (Å²) in [5.41, 5.74) is 0.228. The second-order valence-electron chi connectivity index (χ2n) is 6.66. The first-order chi connectivity index (χ1) is 14.0. The average Bonchev–Trinajstić information content (AvgIpc) is 3.25. The van der Waals surface area contributed by atoms with Crippen molar-refractivity contribution < 1.29 is 13.2 Å². The molecule has 0 spiro atoms. The summed E-state index contributed by atoms with van der Waals surface area (Å²) in [6.45, 7) is 0. The highest BCUT2D eigenvalue weighted by Gasteiger charge is 2.34. The summed E-state index contributed by atoms with van der Waals surface area (Å²) in [5, 5.41) is 13.9. The summed E-state index contributed by atoms with van der Waals surface area (Å²) < 4.78 is 40.9. The second kappa shape index (κ2) is 6.67. The van der Waals surface area contributed by atoms with E-state index in [1.54, 1.807) is 6.07 Å². The second-order valence-corrected chi connectivity index (χ2v) is 7.61. The molecule has 2 nitrogen and oxygen atoms in total. The highest BCUT2D eigenvalue weighted by atomic mass is 32.1. The predicted molar refractivity (Wildman–Crippen MR) is 111 cm³/mol. The Morgan fingerprint density at radius 3 is 1.97 bits per heavy atom. The smallest absolute Gasteiger partial charge is 0.166 e. The van der Waals surface area contributed by atoms with E-state index in [-0.39, 0.29) is 11.3 Å². The van der Waals surface area contributed by atoms with Gasteiger partial charge >= 0.3 is 6.18 Å². The van der Waals surface area contributed by atoms with Crippen LogP contribution in [-0.2, 0) is 6.18 Å². The molecule has 2 heterocycles. The van der Waals surface area contributed by atoms with Crippen molar-refractivity contribution in [3.8, 4) is 21.8 Å². The van der Waals surface area contributed by atoms with Crippen LogP contribution < -0.4 is 0 Å². The molecule has 29 heavy (non-hydrogen) atoms. The van der Waals surface area contributed by atoms with E-state index in [1.165, 1.54) is 23.5 Å². The molecule has 0 aliphatic carbocycles. The summed E-state index contributed by atoms with van der Waals surface area (Å²) in [5.74, 6) is 0.